The summed E-state index contributed by atoms with van der Waals surface area (Å²) in [5.74, 6) is 0.296. The Bertz CT molecular complexity index is 584. The van der Waals surface area contributed by atoms with Gasteiger partial charge in [0.05, 0.1) is 17.3 Å². The van der Waals surface area contributed by atoms with Gasteiger partial charge in [-0.25, -0.2) is 0 Å². The highest BCUT2D eigenvalue weighted by atomic mass is 35.5. The van der Waals surface area contributed by atoms with E-state index in [2.05, 4.69) is 5.32 Å². The first-order chi connectivity index (χ1) is 9.11. The largest absolute Gasteiger partial charge is 0.507 e. The first kappa shape index (κ1) is 13.7. The number of aliphatic hydroxyl groups excluding tert-OH is 1. The third-order valence-electron chi connectivity index (χ3n) is 3.00. The first-order valence-corrected chi connectivity index (χ1v) is 6.40. The van der Waals surface area contributed by atoms with Crippen LogP contribution in [0.4, 0.5) is 5.69 Å². The molecule has 2 rings (SSSR count). The number of aliphatic hydroxyl groups is 1. The van der Waals surface area contributed by atoms with Gasteiger partial charge in [0.2, 0.25) is 0 Å². The number of para-hydroxylation sites is 1. The van der Waals surface area contributed by atoms with Gasteiger partial charge in [-0.2, -0.15) is 0 Å². The molecule has 4 heteroatoms. The molecule has 0 saturated heterocycles. The standard InChI is InChI=1S/C15H16ClNO2/c1-10-3-2-4-12(15(10)19)8-17-14-7-11(9-18)5-6-13(14)16/h2-7,17-19H,8-9H2,1H3. The van der Waals surface area contributed by atoms with E-state index in [1.54, 1.807) is 18.2 Å². The highest BCUT2D eigenvalue weighted by molar-refractivity contribution is 6.33. The zero-order valence-corrected chi connectivity index (χ0v) is 11.4. The molecule has 3 N–H and O–H groups in total. The van der Waals surface area contributed by atoms with Gasteiger partial charge in [0.1, 0.15) is 5.75 Å². The molecule has 100 valence electrons. The van der Waals surface area contributed by atoms with Crippen LogP contribution >= 0.6 is 11.6 Å². The van der Waals surface area contributed by atoms with E-state index in [1.807, 2.05) is 25.1 Å². The number of rotatable bonds is 4. The lowest BCUT2D eigenvalue weighted by Gasteiger charge is -2.12. The lowest BCUT2D eigenvalue weighted by atomic mass is 10.1. The molecule has 0 unspecified atom stereocenters. The number of halogens is 1. The Balaban J connectivity index is 2.16. The number of nitrogens with one attached hydrogen (secondary N) is 1. The van der Waals surface area contributed by atoms with Crippen LogP contribution in [0, 0.1) is 6.92 Å². The van der Waals surface area contributed by atoms with E-state index in [0.29, 0.717) is 17.3 Å². The van der Waals surface area contributed by atoms with Gasteiger partial charge in [0, 0.05) is 12.1 Å². The predicted octanol–water partition coefficient (Wildman–Crippen LogP) is 3.46. The average Bonchev–Trinajstić information content (AvgIpc) is 2.42. The second-order valence-corrected chi connectivity index (χ2v) is 4.82. The van der Waals surface area contributed by atoms with Crippen LogP contribution in [0.2, 0.25) is 5.02 Å². The molecule has 0 fully saturated rings. The van der Waals surface area contributed by atoms with Crippen LogP contribution in [0.1, 0.15) is 16.7 Å². The van der Waals surface area contributed by atoms with Gasteiger partial charge in [0.15, 0.2) is 0 Å². The summed E-state index contributed by atoms with van der Waals surface area (Å²) in [6, 6.07) is 10.9. The van der Waals surface area contributed by atoms with Crippen molar-refractivity contribution in [2.75, 3.05) is 5.32 Å². The molecule has 0 aliphatic carbocycles. The Morgan fingerprint density at radius 3 is 2.74 bits per heavy atom. The molecule has 0 saturated carbocycles. The highest BCUT2D eigenvalue weighted by Gasteiger charge is 2.05. The van der Waals surface area contributed by atoms with Gasteiger partial charge >= 0.3 is 0 Å². The molecule has 0 radical (unpaired) electrons. The molecule has 2 aromatic carbocycles. The second kappa shape index (κ2) is 5.95. The lowest BCUT2D eigenvalue weighted by molar-refractivity contribution is 0.282. The maximum absolute atomic E-state index is 9.93. The van der Waals surface area contributed by atoms with Crippen molar-refractivity contribution in [1.82, 2.24) is 0 Å². The fourth-order valence-corrected chi connectivity index (χ4v) is 2.04. The molecule has 0 spiro atoms. The molecular formula is C15H16ClNO2. The maximum atomic E-state index is 9.93. The smallest absolute Gasteiger partial charge is 0.123 e. The number of benzene rings is 2. The molecule has 0 aromatic heterocycles. The number of aromatic hydroxyl groups is 1. The number of hydrogen-bond acceptors (Lipinski definition) is 3. The molecule has 0 atom stereocenters. The topological polar surface area (TPSA) is 52.5 Å². The zero-order valence-electron chi connectivity index (χ0n) is 10.7. The number of phenols is 1. The minimum absolute atomic E-state index is 0.0262. The van der Waals surface area contributed by atoms with Crippen LogP contribution < -0.4 is 5.32 Å². The summed E-state index contributed by atoms with van der Waals surface area (Å²) < 4.78 is 0. The van der Waals surface area contributed by atoms with Crippen LogP contribution in [-0.2, 0) is 13.2 Å². The molecule has 0 aliphatic rings. The third kappa shape index (κ3) is 3.19. The molecule has 3 nitrogen and oxygen atoms in total. The summed E-state index contributed by atoms with van der Waals surface area (Å²) in [7, 11) is 0. The Hall–Kier alpha value is -1.71. The van der Waals surface area contributed by atoms with E-state index in [-0.39, 0.29) is 6.61 Å². The summed E-state index contributed by atoms with van der Waals surface area (Å²) in [6.07, 6.45) is 0. The Morgan fingerprint density at radius 1 is 1.21 bits per heavy atom. The summed E-state index contributed by atoms with van der Waals surface area (Å²) in [5, 5.41) is 22.8. The second-order valence-electron chi connectivity index (χ2n) is 4.41. The molecule has 0 bridgehead atoms. The highest BCUT2D eigenvalue weighted by Crippen LogP contribution is 2.26. The zero-order chi connectivity index (χ0) is 13.8. The van der Waals surface area contributed by atoms with E-state index >= 15 is 0 Å². The quantitative estimate of drug-likeness (QED) is 0.802. The summed E-state index contributed by atoms with van der Waals surface area (Å²) in [4.78, 5) is 0. The van der Waals surface area contributed by atoms with Crippen LogP contribution in [0.25, 0.3) is 0 Å². The van der Waals surface area contributed by atoms with Crippen molar-refractivity contribution in [3.63, 3.8) is 0 Å². The minimum Gasteiger partial charge on any atom is -0.507 e. The Labute approximate surface area is 117 Å². The van der Waals surface area contributed by atoms with Gasteiger partial charge in [-0.05, 0) is 30.2 Å². The van der Waals surface area contributed by atoms with Gasteiger partial charge < -0.3 is 15.5 Å². The summed E-state index contributed by atoms with van der Waals surface area (Å²) in [5.41, 5.74) is 3.19. The van der Waals surface area contributed by atoms with Crippen molar-refractivity contribution < 1.29 is 10.2 Å². The third-order valence-corrected chi connectivity index (χ3v) is 3.33. The van der Waals surface area contributed by atoms with E-state index in [9.17, 15) is 5.11 Å². The van der Waals surface area contributed by atoms with E-state index < -0.39 is 0 Å². The van der Waals surface area contributed by atoms with Gasteiger partial charge in [-0.15, -0.1) is 0 Å². The minimum atomic E-state index is -0.0262. The van der Waals surface area contributed by atoms with Crippen LogP contribution in [0.3, 0.4) is 0 Å². The molecule has 2 aromatic rings. The van der Waals surface area contributed by atoms with Gasteiger partial charge in [-0.1, -0.05) is 35.9 Å². The fraction of sp³-hybridized carbons (Fsp3) is 0.200. The lowest BCUT2D eigenvalue weighted by Crippen LogP contribution is -2.01. The van der Waals surface area contributed by atoms with Crippen molar-refractivity contribution in [2.24, 2.45) is 0 Å². The summed E-state index contributed by atoms with van der Waals surface area (Å²) >= 11 is 6.08. The first-order valence-electron chi connectivity index (χ1n) is 6.02. The van der Waals surface area contributed by atoms with Gasteiger partial charge in [0.25, 0.3) is 0 Å². The van der Waals surface area contributed by atoms with E-state index in [1.165, 1.54) is 0 Å². The normalized spacial score (nSPS) is 10.5. The number of phenolic OH excluding ortho intramolecular Hbond substituents is 1. The number of anilines is 1. The Morgan fingerprint density at radius 2 is 2.00 bits per heavy atom. The van der Waals surface area contributed by atoms with Gasteiger partial charge in [-0.3, -0.25) is 0 Å². The molecule has 0 heterocycles. The Kier molecular flexibility index (Phi) is 4.30. The SMILES string of the molecule is Cc1cccc(CNc2cc(CO)ccc2Cl)c1O. The average molecular weight is 278 g/mol. The number of aryl methyl sites for hydroxylation is 1. The maximum Gasteiger partial charge on any atom is 0.123 e. The van der Waals surface area contributed by atoms with Crippen molar-refractivity contribution in [1.29, 1.82) is 0 Å². The van der Waals surface area contributed by atoms with E-state index in [4.69, 9.17) is 16.7 Å². The fourth-order valence-electron chi connectivity index (χ4n) is 1.86. The predicted molar refractivity (Wildman–Crippen MR) is 77.5 cm³/mol. The van der Waals surface area contributed by atoms with Crippen LogP contribution in [0.5, 0.6) is 5.75 Å². The molecule has 19 heavy (non-hydrogen) atoms. The van der Waals surface area contributed by atoms with Crippen molar-refractivity contribution in [2.45, 2.75) is 20.1 Å². The monoisotopic (exact) mass is 277 g/mol. The molecule has 0 amide bonds. The molecule has 0 aliphatic heterocycles. The van der Waals surface area contributed by atoms with Crippen LogP contribution in [0.15, 0.2) is 36.4 Å². The van der Waals surface area contributed by atoms with Crippen LogP contribution in [-0.4, -0.2) is 10.2 Å². The number of hydrogen-bond donors (Lipinski definition) is 3. The van der Waals surface area contributed by atoms with Crippen molar-refractivity contribution >= 4 is 17.3 Å². The summed E-state index contributed by atoms with van der Waals surface area (Å²) in [6.45, 7) is 2.31. The van der Waals surface area contributed by atoms with Crippen molar-refractivity contribution in [3.05, 3.63) is 58.1 Å². The van der Waals surface area contributed by atoms with E-state index in [0.717, 1.165) is 22.4 Å². The van der Waals surface area contributed by atoms with Crippen molar-refractivity contribution in [3.8, 4) is 5.75 Å². The molecular weight excluding hydrogens is 262 g/mol.